The molecule has 0 unspecified atom stereocenters. The second kappa shape index (κ2) is 10.4. The molecular weight excluding hydrogens is 256 g/mol. The molecule has 1 aliphatic heterocycles. The van der Waals surface area contributed by atoms with Gasteiger partial charge in [-0.25, -0.2) is 0 Å². The lowest BCUT2D eigenvalue weighted by Crippen LogP contribution is -2.40. The van der Waals surface area contributed by atoms with Gasteiger partial charge in [0.25, 0.3) is 0 Å². The predicted octanol–water partition coefficient (Wildman–Crippen LogP) is 1.64. The number of nitrogens with zero attached hydrogens (tertiary/aromatic N) is 2. The summed E-state index contributed by atoms with van der Waals surface area (Å²) in [5.74, 6) is 2.95. The van der Waals surface area contributed by atoms with Crippen molar-refractivity contribution in [2.75, 3.05) is 51.8 Å². The molecule has 1 aliphatic rings. The van der Waals surface area contributed by atoms with Crippen LogP contribution in [0.1, 0.15) is 26.2 Å². The van der Waals surface area contributed by atoms with E-state index >= 15 is 0 Å². The van der Waals surface area contributed by atoms with Crippen LogP contribution in [0, 0.1) is 5.92 Å². The van der Waals surface area contributed by atoms with Gasteiger partial charge < -0.3 is 15.5 Å². The molecule has 1 saturated heterocycles. The molecule has 1 fully saturated rings. The first-order valence-corrected chi connectivity index (χ1v) is 8.85. The average Bonchev–Trinajstić information content (AvgIpc) is 2.46. The molecule has 0 atom stereocenters. The molecule has 19 heavy (non-hydrogen) atoms. The van der Waals surface area contributed by atoms with Gasteiger partial charge in [-0.15, -0.1) is 0 Å². The number of rotatable bonds is 7. The third-order valence-corrected chi connectivity index (χ3v) is 4.43. The number of likely N-dealkylation sites (tertiary alicyclic amines) is 1. The van der Waals surface area contributed by atoms with Crippen molar-refractivity contribution in [2.24, 2.45) is 10.9 Å². The van der Waals surface area contributed by atoms with Crippen LogP contribution in [0.15, 0.2) is 4.99 Å². The van der Waals surface area contributed by atoms with E-state index in [0.29, 0.717) is 0 Å². The molecule has 1 rings (SSSR count). The second-order valence-corrected chi connectivity index (χ2v) is 6.07. The molecule has 5 heteroatoms. The number of guanidine groups is 1. The number of aliphatic imine (C=N–C) groups is 1. The fourth-order valence-corrected chi connectivity index (χ4v) is 2.78. The number of piperidine rings is 1. The molecule has 2 N–H and O–H groups in total. The quantitative estimate of drug-likeness (QED) is 0.424. The van der Waals surface area contributed by atoms with Gasteiger partial charge in [0.2, 0.25) is 0 Å². The number of thioether (sulfide) groups is 1. The molecule has 1 heterocycles. The van der Waals surface area contributed by atoms with E-state index in [9.17, 15) is 0 Å². The maximum atomic E-state index is 4.24. The summed E-state index contributed by atoms with van der Waals surface area (Å²) >= 11 is 1.85. The highest BCUT2D eigenvalue weighted by Crippen LogP contribution is 2.19. The molecule has 4 nitrogen and oxygen atoms in total. The molecule has 0 bridgehead atoms. The zero-order valence-corrected chi connectivity index (χ0v) is 13.6. The van der Waals surface area contributed by atoms with E-state index in [0.717, 1.165) is 30.7 Å². The molecule has 0 aromatic rings. The first-order chi connectivity index (χ1) is 9.30. The fraction of sp³-hybridized carbons (Fsp3) is 0.929. The Kier molecular flexibility index (Phi) is 9.08. The van der Waals surface area contributed by atoms with Crippen LogP contribution in [0.3, 0.4) is 0 Å². The molecule has 112 valence electrons. The van der Waals surface area contributed by atoms with E-state index in [2.05, 4.69) is 33.7 Å². The SMILES string of the molecule is CCN1CCC(CCNC(=NC)NCCSC)CC1. The summed E-state index contributed by atoms with van der Waals surface area (Å²) in [6.45, 7) is 8.04. The van der Waals surface area contributed by atoms with Gasteiger partial charge >= 0.3 is 0 Å². The van der Waals surface area contributed by atoms with Crippen LogP contribution in [0.5, 0.6) is 0 Å². The minimum Gasteiger partial charge on any atom is -0.356 e. The Morgan fingerprint density at radius 1 is 1.26 bits per heavy atom. The summed E-state index contributed by atoms with van der Waals surface area (Å²) in [5.41, 5.74) is 0. The van der Waals surface area contributed by atoms with Crippen molar-refractivity contribution in [3.63, 3.8) is 0 Å². The van der Waals surface area contributed by atoms with E-state index in [-0.39, 0.29) is 0 Å². The fourth-order valence-electron chi connectivity index (χ4n) is 2.48. The zero-order chi connectivity index (χ0) is 13.9. The first-order valence-electron chi connectivity index (χ1n) is 7.46. The third-order valence-electron chi connectivity index (χ3n) is 3.82. The minimum atomic E-state index is 0.889. The van der Waals surface area contributed by atoms with E-state index in [4.69, 9.17) is 0 Å². The molecule has 0 aromatic heterocycles. The van der Waals surface area contributed by atoms with E-state index < -0.39 is 0 Å². The van der Waals surface area contributed by atoms with Crippen LogP contribution < -0.4 is 10.6 Å². The topological polar surface area (TPSA) is 39.7 Å². The number of hydrogen-bond donors (Lipinski definition) is 2. The monoisotopic (exact) mass is 286 g/mol. The summed E-state index contributed by atoms with van der Waals surface area (Å²) in [6, 6.07) is 0. The Hall–Kier alpha value is -0.420. The van der Waals surface area contributed by atoms with Gasteiger partial charge in [0.05, 0.1) is 0 Å². The highest BCUT2D eigenvalue weighted by atomic mass is 32.2. The zero-order valence-electron chi connectivity index (χ0n) is 12.7. The first kappa shape index (κ1) is 16.6. The van der Waals surface area contributed by atoms with Gasteiger partial charge in [-0.3, -0.25) is 4.99 Å². The Bertz CT molecular complexity index is 250. The predicted molar refractivity (Wildman–Crippen MR) is 87.2 cm³/mol. The maximum absolute atomic E-state index is 4.24. The van der Waals surface area contributed by atoms with Gasteiger partial charge in [-0.05, 0) is 51.1 Å². The average molecular weight is 286 g/mol. The molecule has 0 amide bonds. The van der Waals surface area contributed by atoms with Crippen LogP contribution in [-0.2, 0) is 0 Å². The van der Waals surface area contributed by atoms with Gasteiger partial charge in [-0.2, -0.15) is 11.8 Å². The number of nitrogens with one attached hydrogen (secondary N) is 2. The van der Waals surface area contributed by atoms with E-state index in [1.165, 1.54) is 38.9 Å². The van der Waals surface area contributed by atoms with E-state index in [1.54, 1.807) is 0 Å². The van der Waals surface area contributed by atoms with Crippen LogP contribution in [0.2, 0.25) is 0 Å². The summed E-state index contributed by atoms with van der Waals surface area (Å²) < 4.78 is 0. The van der Waals surface area contributed by atoms with Crippen molar-refractivity contribution in [2.45, 2.75) is 26.2 Å². The van der Waals surface area contributed by atoms with Crippen LogP contribution in [0.25, 0.3) is 0 Å². The lowest BCUT2D eigenvalue weighted by atomic mass is 9.93. The summed E-state index contributed by atoms with van der Waals surface area (Å²) in [4.78, 5) is 6.79. The minimum absolute atomic E-state index is 0.889. The van der Waals surface area contributed by atoms with Crippen LogP contribution >= 0.6 is 11.8 Å². The molecule has 0 aromatic carbocycles. The van der Waals surface area contributed by atoms with E-state index in [1.807, 2.05) is 18.8 Å². The molecule has 0 saturated carbocycles. The highest BCUT2D eigenvalue weighted by molar-refractivity contribution is 7.98. The van der Waals surface area contributed by atoms with Crippen molar-refractivity contribution in [1.29, 1.82) is 0 Å². The summed E-state index contributed by atoms with van der Waals surface area (Å²) in [5, 5.41) is 6.75. The Labute approximate surface area is 122 Å². The maximum Gasteiger partial charge on any atom is 0.191 e. The Balaban J connectivity index is 2.09. The van der Waals surface area contributed by atoms with Crippen molar-refractivity contribution >= 4 is 17.7 Å². The second-order valence-electron chi connectivity index (χ2n) is 5.08. The van der Waals surface area contributed by atoms with Gasteiger partial charge in [0.1, 0.15) is 0 Å². The third kappa shape index (κ3) is 7.06. The Morgan fingerprint density at radius 3 is 2.53 bits per heavy atom. The molecule has 0 spiro atoms. The highest BCUT2D eigenvalue weighted by Gasteiger charge is 2.17. The standard InChI is InChI=1S/C14H30N4S/c1-4-18-10-6-13(7-11-18)5-8-16-14(15-2)17-9-12-19-3/h13H,4-12H2,1-3H3,(H2,15,16,17). The normalized spacial score (nSPS) is 18.6. The Morgan fingerprint density at radius 2 is 1.95 bits per heavy atom. The lowest BCUT2D eigenvalue weighted by molar-refractivity contribution is 0.187. The molecule has 0 radical (unpaired) electrons. The van der Waals surface area contributed by atoms with Crippen LogP contribution in [-0.4, -0.2) is 62.6 Å². The number of hydrogen-bond acceptors (Lipinski definition) is 3. The smallest absolute Gasteiger partial charge is 0.191 e. The van der Waals surface area contributed by atoms with Crippen LogP contribution in [0.4, 0.5) is 0 Å². The largest absolute Gasteiger partial charge is 0.356 e. The van der Waals surface area contributed by atoms with Gasteiger partial charge in [0.15, 0.2) is 5.96 Å². The lowest BCUT2D eigenvalue weighted by Gasteiger charge is -2.31. The van der Waals surface area contributed by atoms with Crippen molar-refractivity contribution in [1.82, 2.24) is 15.5 Å². The van der Waals surface area contributed by atoms with Crippen molar-refractivity contribution in [3.05, 3.63) is 0 Å². The van der Waals surface area contributed by atoms with Crippen molar-refractivity contribution < 1.29 is 0 Å². The van der Waals surface area contributed by atoms with Gasteiger partial charge in [-0.1, -0.05) is 6.92 Å². The molecule has 0 aliphatic carbocycles. The summed E-state index contributed by atoms with van der Waals surface area (Å²) in [7, 11) is 1.84. The van der Waals surface area contributed by atoms with Crippen molar-refractivity contribution in [3.8, 4) is 0 Å². The molecular formula is C14H30N4S. The summed E-state index contributed by atoms with van der Waals surface area (Å²) in [6.07, 6.45) is 6.10. The van der Waals surface area contributed by atoms with Gasteiger partial charge in [0, 0.05) is 25.9 Å².